The van der Waals surface area contributed by atoms with E-state index in [2.05, 4.69) is 5.32 Å². The van der Waals surface area contributed by atoms with Gasteiger partial charge in [0.2, 0.25) is 11.8 Å². The molecule has 0 aliphatic rings. The highest BCUT2D eigenvalue weighted by atomic mass is 32.2. The Labute approximate surface area is 226 Å². The molecule has 8 heteroatoms. The number of aryl methyl sites for hydroxylation is 3. The van der Waals surface area contributed by atoms with E-state index in [1.807, 2.05) is 70.2 Å². The highest BCUT2D eigenvalue weighted by Crippen LogP contribution is 2.28. The molecule has 0 radical (unpaired) electrons. The lowest BCUT2D eigenvalue weighted by atomic mass is 10.1. The van der Waals surface area contributed by atoms with Crippen LogP contribution in [0.25, 0.3) is 0 Å². The maximum absolute atomic E-state index is 13.9. The number of anilines is 1. The molecule has 3 aromatic rings. The van der Waals surface area contributed by atoms with Gasteiger partial charge in [-0.15, -0.1) is 0 Å². The van der Waals surface area contributed by atoms with Crippen molar-refractivity contribution in [1.82, 2.24) is 10.2 Å². The molecule has 7 nitrogen and oxygen atoms in total. The topological polar surface area (TPSA) is 86.8 Å². The Hall–Kier alpha value is -3.65. The quantitative estimate of drug-likeness (QED) is 0.384. The average Bonchev–Trinajstić information content (AvgIpc) is 2.89. The molecular weight excluding hydrogens is 498 g/mol. The predicted octanol–water partition coefficient (Wildman–Crippen LogP) is 4.75. The van der Waals surface area contributed by atoms with E-state index >= 15 is 0 Å². The lowest BCUT2D eigenvalue weighted by molar-refractivity contribution is -0.139. The summed E-state index contributed by atoms with van der Waals surface area (Å²) in [5.41, 5.74) is 3.91. The molecule has 2 amide bonds. The molecule has 202 valence electrons. The summed E-state index contributed by atoms with van der Waals surface area (Å²) in [6.45, 7) is 9.48. The number of carbonyl (C=O) groups excluding carboxylic acids is 2. The van der Waals surface area contributed by atoms with Crippen molar-refractivity contribution in [2.24, 2.45) is 0 Å². The average molecular weight is 536 g/mol. The smallest absolute Gasteiger partial charge is 0.264 e. The Morgan fingerprint density at radius 2 is 1.53 bits per heavy atom. The third-order valence-electron chi connectivity index (χ3n) is 6.42. The number of amides is 2. The van der Waals surface area contributed by atoms with Gasteiger partial charge in [-0.3, -0.25) is 13.9 Å². The second-order valence-electron chi connectivity index (χ2n) is 9.59. The Balaban J connectivity index is 2.04. The SMILES string of the molecule is CCCNC(=O)[C@@H](C)N(Cc1ccccc1)C(=O)CN(c1ccc(C)cc1C)S(=O)(=O)c1ccc(C)cc1. The van der Waals surface area contributed by atoms with Gasteiger partial charge in [-0.25, -0.2) is 8.42 Å². The Morgan fingerprint density at radius 3 is 2.13 bits per heavy atom. The lowest BCUT2D eigenvalue weighted by Crippen LogP contribution is -2.51. The summed E-state index contributed by atoms with van der Waals surface area (Å²) in [6, 6.07) is 20.6. The van der Waals surface area contributed by atoms with Gasteiger partial charge in [-0.2, -0.15) is 0 Å². The van der Waals surface area contributed by atoms with Gasteiger partial charge in [0, 0.05) is 13.1 Å². The van der Waals surface area contributed by atoms with E-state index in [0.717, 1.165) is 33.0 Å². The van der Waals surface area contributed by atoms with Crippen molar-refractivity contribution in [2.75, 3.05) is 17.4 Å². The van der Waals surface area contributed by atoms with E-state index in [1.54, 1.807) is 37.3 Å². The van der Waals surface area contributed by atoms with Gasteiger partial charge in [0.15, 0.2) is 0 Å². The van der Waals surface area contributed by atoms with Crippen molar-refractivity contribution >= 4 is 27.5 Å². The zero-order valence-electron chi connectivity index (χ0n) is 22.8. The number of sulfonamides is 1. The summed E-state index contributed by atoms with van der Waals surface area (Å²) >= 11 is 0. The Kier molecular flexibility index (Phi) is 9.69. The first-order valence-electron chi connectivity index (χ1n) is 12.8. The summed E-state index contributed by atoms with van der Waals surface area (Å²) in [7, 11) is -4.08. The molecule has 0 saturated carbocycles. The van der Waals surface area contributed by atoms with Gasteiger partial charge in [0.05, 0.1) is 10.6 Å². The standard InChI is InChI=1S/C30H37N3O4S/c1-6-18-31-30(35)25(5)32(20-26-10-8-7-9-11-26)29(34)21-33(28-17-14-23(3)19-24(28)4)38(36,37)27-15-12-22(2)13-16-27/h7-17,19,25H,6,18,20-21H2,1-5H3,(H,31,35)/t25-/m1/s1. The Bertz CT molecular complexity index is 1360. The summed E-state index contributed by atoms with van der Waals surface area (Å²) < 4.78 is 29.0. The second kappa shape index (κ2) is 12.7. The van der Waals surface area contributed by atoms with Crippen molar-refractivity contribution in [3.8, 4) is 0 Å². The van der Waals surface area contributed by atoms with E-state index < -0.39 is 28.5 Å². The van der Waals surface area contributed by atoms with Crippen LogP contribution in [0.3, 0.4) is 0 Å². The van der Waals surface area contributed by atoms with Crippen LogP contribution < -0.4 is 9.62 Å². The van der Waals surface area contributed by atoms with Crippen LogP contribution in [0.5, 0.6) is 0 Å². The lowest BCUT2D eigenvalue weighted by Gasteiger charge is -2.32. The molecule has 0 aliphatic carbocycles. The second-order valence-corrected chi connectivity index (χ2v) is 11.5. The van der Waals surface area contributed by atoms with Crippen LogP contribution in [0.1, 0.15) is 42.5 Å². The molecule has 0 aliphatic heterocycles. The van der Waals surface area contributed by atoms with E-state index in [0.29, 0.717) is 12.2 Å². The summed E-state index contributed by atoms with van der Waals surface area (Å²) in [5.74, 6) is -0.751. The molecule has 1 atom stereocenters. The fraction of sp³-hybridized carbons (Fsp3) is 0.333. The van der Waals surface area contributed by atoms with E-state index in [1.165, 1.54) is 4.90 Å². The Morgan fingerprint density at radius 1 is 0.895 bits per heavy atom. The minimum absolute atomic E-state index is 0.0965. The van der Waals surface area contributed by atoms with Gasteiger partial charge >= 0.3 is 0 Å². The highest BCUT2D eigenvalue weighted by Gasteiger charge is 2.33. The molecular formula is C30H37N3O4S. The first-order valence-corrected chi connectivity index (χ1v) is 14.3. The molecule has 0 heterocycles. The van der Waals surface area contributed by atoms with E-state index in [4.69, 9.17) is 0 Å². The zero-order valence-corrected chi connectivity index (χ0v) is 23.6. The van der Waals surface area contributed by atoms with Crippen molar-refractivity contribution in [1.29, 1.82) is 0 Å². The highest BCUT2D eigenvalue weighted by molar-refractivity contribution is 7.92. The number of nitrogens with zero attached hydrogens (tertiary/aromatic N) is 2. The van der Waals surface area contributed by atoms with Crippen molar-refractivity contribution < 1.29 is 18.0 Å². The minimum Gasteiger partial charge on any atom is -0.354 e. The van der Waals surface area contributed by atoms with Gasteiger partial charge in [-0.05, 0) is 63.4 Å². The number of benzene rings is 3. The van der Waals surface area contributed by atoms with E-state index in [9.17, 15) is 18.0 Å². The molecule has 0 bridgehead atoms. The largest absolute Gasteiger partial charge is 0.354 e. The minimum atomic E-state index is -4.08. The third-order valence-corrected chi connectivity index (χ3v) is 8.20. The summed E-state index contributed by atoms with van der Waals surface area (Å²) in [4.78, 5) is 28.3. The van der Waals surface area contributed by atoms with Crippen LogP contribution in [0.4, 0.5) is 5.69 Å². The molecule has 0 saturated heterocycles. The number of hydrogen-bond donors (Lipinski definition) is 1. The van der Waals surface area contributed by atoms with Crippen LogP contribution in [0.15, 0.2) is 77.7 Å². The maximum Gasteiger partial charge on any atom is 0.264 e. The monoisotopic (exact) mass is 535 g/mol. The number of carbonyl (C=O) groups is 2. The normalized spacial score (nSPS) is 12.0. The molecule has 0 fully saturated rings. The van der Waals surface area contributed by atoms with Crippen LogP contribution in [0, 0.1) is 20.8 Å². The van der Waals surface area contributed by atoms with Crippen molar-refractivity contribution in [2.45, 2.75) is 58.5 Å². The fourth-order valence-electron chi connectivity index (χ4n) is 4.19. The third kappa shape index (κ3) is 7.01. The van der Waals surface area contributed by atoms with Gasteiger partial charge in [0.1, 0.15) is 12.6 Å². The molecule has 1 N–H and O–H groups in total. The van der Waals surface area contributed by atoms with Crippen LogP contribution in [-0.2, 0) is 26.2 Å². The first kappa shape index (κ1) is 28.9. The van der Waals surface area contributed by atoms with E-state index in [-0.39, 0.29) is 17.3 Å². The summed E-state index contributed by atoms with van der Waals surface area (Å²) in [6.07, 6.45) is 0.764. The van der Waals surface area contributed by atoms with Gasteiger partial charge in [-0.1, -0.05) is 72.6 Å². The van der Waals surface area contributed by atoms with Gasteiger partial charge < -0.3 is 10.2 Å². The fourth-order valence-corrected chi connectivity index (χ4v) is 5.67. The first-order chi connectivity index (χ1) is 18.0. The molecule has 3 aromatic carbocycles. The number of hydrogen-bond acceptors (Lipinski definition) is 4. The molecule has 38 heavy (non-hydrogen) atoms. The molecule has 0 aromatic heterocycles. The molecule has 0 spiro atoms. The molecule has 3 rings (SSSR count). The van der Waals surface area contributed by atoms with Gasteiger partial charge in [0.25, 0.3) is 10.0 Å². The van der Waals surface area contributed by atoms with Crippen LogP contribution >= 0.6 is 0 Å². The summed E-state index contributed by atoms with van der Waals surface area (Å²) in [5, 5.41) is 2.85. The maximum atomic E-state index is 13.9. The van der Waals surface area contributed by atoms with Crippen LogP contribution in [-0.4, -0.2) is 44.3 Å². The van der Waals surface area contributed by atoms with Crippen molar-refractivity contribution in [3.63, 3.8) is 0 Å². The number of nitrogens with one attached hydrogen (secondary N) is 1. The molecule has 0 unspecified atom stereocenters. The number of rotatable bonds is 11. The predicted molar refractivity (Wildman–Crippen MR) is 151 cm³/mol. The van der Waals surface area contributed by atoms with Crippen molar-refractivity contribution in [3.05, 3.63) is 95.1 Å². The zero-order chi connectivity index (χ0) is 27.9. The van der Waals surface area contributed by atoms with Crippen LogP contribution in [0.2, 0.25) is 0 Å².